The van der Waals surface area contributed by atoms with Crippen LogP contribution in [0.25, 0.3) is 0 Å². The van der Waals surface area contributed by atoms with Gasteiger partial charge in [0.05, 0.1) is 0 Å². The van der Waals surface area contributed by atoms with E-state index in [-0.39, 0.29) is 36.5 Å². The Morgan fingerprint density at radius 3 is 2.16 bits per heavy atom. The van der Waals surface area contributed by atoms with Crippen LogP contribution in [-0.4, -0.2) is 67.9 Å². The Morgan fingerprint density at radius 1 is 1.08 bits per heavy atom. The van der Waals surface area contributed by atoms with Crippen LogP contribution in [-0.2, 0) is 9.53 Å². The van der Waals surface area contributed by atoms with Gasteiger partial charge in [0.15, 0.2) is 0 Å². The largest absolute Gasteiger partial charge is 0.508 e. The second-order valence-corrected chi connectivity index (χ2v) is 6.24. The van der Waals surface area contributed by atoms with Crippen molar-refractivity contribution in [1.82, 2.24) is 10.2 Å². The van der Waals surface area contributed by atoms with E-state index in [1.165, 1.54) is 0 Å². The minimum Gasteiger partial charge on any atom is -0.508 e. The van der Waals surface area contributed by atoms with Crippen molar-refractivity contribution in [2.45, 2.75) is 18.4 Å². The van der Waals surface area contributed by atoms with Crippen molar-refractivity contribution >= 4 is 36.4 Å². The summed E-state index contributed by atoms with van der Waals surface area (Å²) in [7, 11) is 1.65. The summed E-state index contributed by atoms with van der Waals surface area (Å²) in [4.78, 5) is 17.1. The molecule has 2 N–H and O–H groups in total. The SMILES string of the molecule is COC1(C(=O)N2CCN(c3ccc(O)cc3)CC2)CCNCC1.Cl.Cl. The Labute approximate surface area is 161 Å². The summed E-state index contributed by atoms with van der Waals surface area (Å²) < 4.78 is 5.65. The second-order valence-electron chi connectivity index (χ2n) is 6.24. The Morgan fingerprint density at radius 2 is 1.64 bits per heavy atom. The Bertz CT molecular complexity index is 543. The number of nitrogens with zero attached hydrogens (tertiary/aromatic N) is 2. The average molecular weight is 392 g/mol. The van der Waals surface area contributed by atoms with E-state index in [2.05, 4.69) is 10.2 Å². The molecule has 0 atom stereocenters. The van der Waals surface area contributed by atoms with E-state index in [9.17, 15) is 9.90 Å². The number of carbonyl (C=O) groups excluding carboxylic acids is 1. The fourth-order valence-electron chi connectivity index (χ4n) is 3.46. The van der Waals surface area contributed by atoms with Gasteiger partial charge in [-0.15, -0.1) is 24.8 Å². The molecule has 2 fully saturated rings. The van der Waals surface area contributed by atoms with Crippen molar-refractivity contribution in [2.24, 2.45) is 0 Å². The summed E-state index contributed by atoms with van der Waals surface area (Å²) in [6.07, 6.45) is 1.47. The summed E-state index contributed by atoms with van der Waals surface area (Å²) in [5.74, 6) is 0.405. The van der Waals surface area contributed by atoms with Gasteiger partial charge in [-0.05, 0) is 50.2 Å². The first-order chi connectivity index (χ1) is 11.1. The van der Waals surface area contributed by atoms with Gasteiger partial charge in [0.25, 0.3) is 5.91 Å². The van der Waals surface area contributed by atoms with Crippen molar-refractivity contribution in [3.05, 3.63) is 24.3 Å². The fraction of sp³-hybridized carbons (Fsp3) is 0.588. The van der Waals surface area contributed by atoms with Crippen molar-refractivity contribution in [2.75, 3.05) is 51.3 Å². The van der Waals surface area contributed by atoms with E-state index in [4.69, 9.17) is 4.74 Å². The first-order valence-corrected chi connectivity index (χ1v) is 8.24. The van der Waals surface area contributed by atoms with Gasteiger partial charge in [-0.3, -0.25) is 4.79 Å². The third-order valence-electron chi connectivity index (χ3n) is 4.97. The highest BCUT2D eigenvalue weighted by Crippen LogP contribution is 2.27. The summed E-state index contributed by atoms with van der Waals surface area (Å²) in [6.45, 7) is 4.67. The van der Waals surface area contributed by atoms with Crippen LogP contribution in [0, 0.1) is 0 Å². The fourth-order valence-corrected chi connectivity index (χ4v) is 3.46. The molecule has 0 spiro atoms. The first-order valence-electron chi connectivity index (χ1n) is 8.24. The molecule has 142 valence electrons. The van der Waals surface area contributed by atoms with Crippen molar-refractivity contribution < 1.29 is 14.6 Å². The van der Waals surface area contributed by atoms with Gasteiger partial charge in [-0.2, -0.15) is 0 Å². The lowest BCUT2D eigenvalue weighted by Gasteiger charge is -2.42. The zero-order valence-corrected chi connectivity index (χ0v) is 16.1. The summed E-state index contributed by atoms with van der Waals surface area (Å²) in [5, 5.41) is 12.7. The minimum absolute atomic E-state index is 0. The molecule has 0 aliphatic carbocycles. The number of piperazine rings is 1. The molecule has 1 aromatic rings. The van der Waals surface area contributed by atoms with Gasteiger partial charge < -0.3 is 25.0 Å². The van der Waals surface area contributed by atoms with E-state index in [0.717, 1.165) is 44.7 Å². The Hall–Kier alpha value is -1.21. The highest BCUT2D eigenvalue weighted by molar-refractivity contribution is 5.86. The maximum absolute atomic E-state index is 12.9. The number of piperidine rings is 1. The Balaban J connectivity index is 0.00000156. The average Bonchev–Trinajstić information content (AvgIpc) is 2.62. The van der Waals surface area contributed by atoms with Crippen molar-refractivity contribution in [3.8, 4) is 5.75 Å². The number of anilines is 1. The minimum atomic E-state index is -0.647. The third-order valence-corrected chi connectivity index (χ3v) is 4.97. The molecule has 8 heteroatoms. The quantitative estimate of drug-likeness (QED) is 0.819. The maximum Gasteiger partial charge on any atom is 0.255 e. The number of hydrogen-bond donors (Lipinski definition) is 2. The molecule has 25 heavy (non-hydrogen) atoms. The molecular formula is C17H27Cl2N3O3. The third kappa shape index (κ3) is 4.70. The van der Waals surface area contributed by atoms with E-state index in [1.54, 1.807) is 19.2 Å². The number of nitrogens with one attached hydrogen (secondary N) is 1. The summed E-state index contributed by atoms with van der Waals surface area (Å²) in [6, 6.07) is 7.22. The highest BCUT2D eigenvalue weighted by Gasteiger charge is 2.42. The summed E-state index contributed by atoms with van der Waals surface area (Å²) >= 11 is 0. The molecule has 1 amide bonds. The van der Waals surface area contributed by atoms with Gasteiger partial charge in [-0.25, -0.2) is 0 Å². The topological polar surface area (TPSA) is 65.0 Å². The number of benzene rings is 1. The molecule has 0 saturated carbocycles. The van der Waals surface area contributed by atoms with Crippen LogP contribution >= 0.6 is 24.8 Å². The first kappa shape index (κ1) is 21.8. The number of aromatic hydroxyl groups is 1. The van der Waals surface area contributed by atoms with Gasteiger partial charge in [-0.1, -0.05) is 0 Å². The number of rotatable bonds is 3. The van der Waals surface area contributed by atoms with Crippen LogP contribution in [0.1, 0.15) is 12.8 Å². The van der Waals surface area contributed by atoms with E-state index in [0.29, 0.717) is 13.1 Å². The van der Waals surface area contributed by atoms with Crippen LogP contribution < -0.4 is 10.2 Å². The molecule has 2 saturated heterocycles. The number of halogens is 2. The number of methoxy groups -OCH3 is 1. The molecule has 0 radical (unpaired) electrons. The molecule has 0 bridgehead atoms. The van der Waals surface area contributed by atoms with E-state index in [1.807, 2.05) is 17.0 Å². The predicted molar refractivity (Wildman–Crippen MR) is 103 cm³/mol. The van der Waals surface area contributed by atoms with Crippen molar-refractivity contribution in [1.29, 1.82) is 0 Å². The van der Waals surface area contributed by atoms with E-state index >= 15 is 0 Å². The maximum atomic E-state index is 12.9. The zero-order chi connectivity index (χ0) is 16.3. The molecular weight excluding hydrogens is 365 g/mol. The number of carbonyl (C=O) groups is 1. The molecule has 2 aliphatic rings. The van der Waals surface area contributed by atoms with Crippen LogP contribution in [0.15, 0.2) is 24.3 Å². The molecule has 6 nitrogen and oxygen atoms in total. The molecule has 2 aliphatic heterocycles. The molecule has 3 rings (SSSR count). The van der Waals surface area contributed by atoms with Crippen LogP contribution in [0.3, 0.4) is 0 Å². The predicted octanol–water partition coefficient (Wildman–Crippen LogP) is 1.65. The number of amides is 1. The van der Waals surface area contributed by atoms with Gasteiger partial charge in [0.1, 0.15) is 11.4 Å². The normalized spacial score (nSPS) is 19.6. The molecule has 2 heterocycles. The van der Waals surface area contributed by atoms with Crippen LogP contribution in [0.4, 0.5) is 5.69 Å². The van der Waals surface area contributed by atoms with Gasteiger partial charge in [0, 0.05) is 39.0 Å². The van der Waals surface area contributed by atoms with E-state index < -0.39 is 5.60 Å². The highest BCUT2D eigenvalue weighted by atomic mass is 35.5. The standard InChI is InChI=1S/C17H25N3O3.2ClH/c1-23-17(6-8-18-9-7-17)16(22)20-12-10-19(11-13-20)14-2-4-15(21)5-3-14;;/h2-5,18,21H,6-13H2,1H3;2*1H. The van der Waals surface area contributed by atoms with Crippen LogP contribution in [0.5, 0.6) is 5.75 Å². The van der Waals surface area contributed by atoms with Gasteiger partial charge >= 0.3 is 0 Å². The van der Waals surface area contributed by atoms with Gasteiger partial charge in [0.2, 0.25) is 0 Å². The zero-order valence-electron chi connectivity index (χ0n) is 14.4. The lowest BCUT2D eigenvalue weighted by molar-refractivity contribution is -0.158. The molecule has 0 aromatic heterocycles. The van der Waals surface area contributed by atoms with Crippen molar-refractivity contribution in [3.63, 3.8) is 0 Å². The Kier molecular flexibility index (Phi) is 8.28. The monoisotopic (exact) mass is 391 g/mol. The smallest absolute Gasteiger partial charge is 0.255 e. The number of hydrogen-bond acceptors (Lipinski definition) is 5. The summed E-state index contributed by atoms with van der Waals surface area (Å²) in [5.41, 5.74) is 0.435. The lowest BCUT2D eigenvalue weighted by atomic mass is 9.90. The lowest BCUT2D eigenvalue weighted by Crippen LogP contribution is -2.59. The number of ether oxygens (including phenoxy) is 1. The van der Waals surface area contributed by atoms with Crippen LogP contribution in [0.2, 0.25) is 0 Å². The molecule has 1 aromatic carbocycles. The second kappa shape index (κ2) is 9.48. The molecule has 0 unspecified atom stereocenters. The number of phenols is 1. The number of phenolic OH excluding ortho intramolecular Hbond substituents is 1.